The molecular formula is C20H14ClF3N6O3S. The molecule has 34 heavy (non-hydrogen) atoms. The van der Waals surface area contributed by atoms with E-state index in [4.69, 9.17) is 11.6 Å². The number of halogens is 4. The Balaban J connectivity index is 1.64. The highest BCUT2D eigenvalue weighted by molar-refractivity contribution is 7.92. The summed E-state index contributed by atoms with van der Waals surface area (Å²) in [5.74, 6) is 0.00637. The van der Waals surface area contributed by atoms with Gasteiger partial charge < -0.3 is 5.32 Å². The Hall–Kier alpha value is -3.71. The van der Waals surface area contributed by atoms with Gasteiger partial charge in [0.1, 0.15) is 0 Å². The maximum Gasteiger partial charge on any atom is 0.416 e. The van der Waals surface area contributed by atoms with Gasteiger partial charge in [-0.1, -0.05) is 11.6 Å². The lowest BCUT2D eigenvalue weighted by Gasteiger charge is -2.12. The summed E-state index contributed by atoms with van der Waals surface area (Å²) in [7, 11) is -4.26. The summed E-state index contributed by atoms with van der Waals surface area (Å²) >= 11 is 6.05. The summed E-state index contributed by atoms with van der Waals surface area (Å²) in [4.78, 5) is 19.0. The molecule has 1 aromatic carbocycles. The minimum Gasteiger partial charge on any atom is -0.310 e. The highest BCUT2D eigenvalue weighted by Gasteiger charge is 2.30. The first-order chi connectivity index (χ1) is 15.9. The molecule has 4 rings (SSSR count). The third-order valence-electron chi connectivity index (χ3n) is 4.50. The largest absolute Gasteiger partial charge is 0.416 e. The predicted octanol–water partition coefficient (Wildman–Crippen LogP) is 4.22. The number of benzene rings is 1. The minimum absolute atomic E-state index is 0.0921. The number of rotatable bonds is 5. The summed E-state index contributed by atoms with van der Waals surface area (Å²) in [5.41, 5.74) is 0.170. The van der Waals surface area contributed by atoms with Gasteiger partial charge in [0.15, 0.2) is 16.6 Å². The number of imidazole rings is 1. The molecular weight excluding hydrogens is 497 g/mol. The van der Waals surface area contributed by atoms with Crippen LogP contribution in [0.25, 0.3) is 16.9 Å². The third-order valence-corrected chi connectivity index (χ3v) is 6.18. The molecule has 2 N–H and O–H groups in total. The molecule has 0 saturated carbocycles. The number of carbonyl (C=O) groups excluding carboxylic acids is 1. The first-order valence-corrected chi connectivity index (χ1v) is 11.3. The van der Waals surface area contributed by atoms with E-state index in [9.17, 15) is 26.4 Å². The maximum atomic E-state index is 12.8. The zero-order valence-electron chi connectivity index (χ0n) is 17.1. The number of alkyl halides is 3. The monoisotopic (exact) mass is 510 g/mol. The summed E-state index contributed by atoms with van der Waals surface area (Å²) in [6.45, 7) is 1.34. The fraction of sp³-hybridized carbons (Fsp3) is 0.100. The van der Waals surface area contributed by atoms with Crippen LogP contribution in [0.5, 0.6) is 0 Å². The lowest BCUT2D eigenvalue weighted by Crippen LogP contribution is -2.14. The molecule has 4 aromatic rings. The van der Waals surface area contributed by atoms with Crippen LogP contribution in [-0.4, -0.2) is 33.9 Å². The minimum atomic E-state index is -4.59. The van der Waals surface area contributed by atoms with Crippen LogP contribution in [0.1, 0.15) is 12.5 Å². The number of hydrogen-bond donors (Lipinski definition) is 2. The summed E-state index contributed by atoms with van der Waals surface area (Å²) in [6.07, 6.45) is -1.72. The van der Waals surface area contributed by atoms with Gasteiger partial charge in [-0.15, -0.1) is 0 Å². The van der Waals surface area contributed by atoms with E-state index in [2.05, 4.69) is 25.1 Å². The van der Waals surface area contributed by atoms with Crippen LogP contribution in [-0.2, 0) is 21.0 Å². The molecule has 176 valence electrons. The topological polar surface area (TPSA) is 118 Å². The molecule has 0 aliphatic heterocycles. The number of pyridine rings is 1. The van der Waals surface area contributed by atoms with Gasteiger partial charge in [0.2, 0.25) is 5.91 Å². The number of nitrogens with zero attached hydrogens (tertiary/aromatic N) is 4. The Bertz CT molecular complexity index is 1500. The Morgan fingerprint density at radius 1 is 1.12 bits per heavy atom. The van der Waals surface area contributed by atoms with E-state index in [1.54, 1.807) is 12.1 Å². The fourth-order valence-corrected chi connectivity index (χ4v) is 4.23. The van der Waals surface area contributed by atoms with Crippen LogP contribution in [0.4, 0.5) is 24.7 Å². The molecule has 14 heteroatoms. The molecule has 0 aliphatic carbocycles. The van der Waals surface area contributed by atoms with Gasteiger partial charge in [0, 0.05) is 18.7 Å². The Morgan fingerprint density at radius 3 is 2.47 bits per heavy atom. The van der Waals surface area contributed by atoms with Crippen molar-refractivity contribution in [2.24, 2.45) is 0 Å². The van der Waals surface area contributed by atoms with Gasteiger partial charge in [-0.3, -0.25) is 9.52 Å². The predicted molar refractivity (Wildman–Crippen MR) is 118 cm³/mol. The zero-order valence-corrected chi connectivity index (χ0v) is 18.7. The van der Waals surface area contributed by atoms with Crippen molar-refractivity contribution in [1.29, 1.82) is 0 Å². The van der Waals surface area contributed by atoms with E-state index in [0.29, 0.717) is 34.9 Å². The number of amides is 1. The van der Waals surface area contributed by atoms with E-state index < -0.39 is 21.8 Å². The number of anilines is 2. The molecule has 0 spiro atoms. The highest BCUT2D eigenvalue weighted by atomic mass is 35.5. The molecule has 3 aromatic heterocycles. The second-order valence-electron chi connectivity index (χ2n) is 7.02. The molecule has 0 bridgehead atoms. The number of fused-ring (bicyclic) bond motifs is 1. The van der Waals surface area contributed by atoms with Crippen LogP contribution >= 0.6 is 11.6 Å². The molecule has 0 radical (unpaired) electrons. The lowest BCUT2D eigenvalue weighted by molar-refractivity contribution is -0.137. The van der Waals surface area contributed by atoms with Crippen molar-refractivity contribution >= 4 is 44.7 Å². The van der Waals surface area contributed by atoms with Crippen molar-refractivity contribution < 1.29 is 26.4 Å². The van der Waals surface area contributed by atoms with Gasteiger partial charge in [0.25, 0.3) is 10.0 Å². The maximum absolute atomic E-state index is 12.8. The van der Waals surface area contributed by atoms with Crippen LogP contribution in [0, 0.1) is 0 Å². The second kappa shape index (κ2) is 8.57. The van der Waals surface area contributed by atoms with Crippen molar-refractivity contribution in [3.8, 4) is 11.3 Å². The first kappa shape index (κ1) is 23.4. The van der Waals surface area contributed by atoms with Gasteiger partial charge in [-0.2, -0.15) is 18.3 Å². The van der Waals surface area contributed by atoms with Crippen molar-refractivity contribution in [3.05, 3.63) is 65.6 Å². The van der Waals surface area contributed by atoms with Crippen molar-refractivity contribution in [1.82, 2.24) is 19.6 Å². The van der Waals surface area contributed by atoms with Crippen LogP contribution in [0.3, 0.4) is 0 Å². The molecule has 1 amide bonds. The van der Waals surface area contributed by atoms with E-state index in [1.165, 1.54) is 29.9 Å². The summed E-state index contributed by atoms with van der Waals surface area (Å²) < 4.78 is 67.3. The van der Waals surface area contributed by atoms with E-state index in [0.717, 1.165) is 12.1 Å². The Labute approximate surface area is 195 Å². The molecule has 0 unspecified atom stereocenters. The van der Waals surface area contributed by atoms with E-state index in [1.807, 2.05) is 0 Å². The van der Waals surface area contributed by atoms with Crippen molar-refractivity contribution in [2.45, 2.75) is 18.0 Å². The van der Waals surface area contributed by atoms with E-state index >= 15 is 0 Å². The van der Waals surface area contributed by atoms with Gasteiger partial charge in [-0.25, -0.2) is 22.9 Å². The number of nitrogens with one attached hydrogen (secondary N) is 2. The Morgan fingerprint density at radius 2 is 1.82 bits per heavy atom. The average molecular weight is 511 g/mol. The van der Waals surface area contributed by atoms with Crippen molar-refractivity contribution in [2.75, 3.05) is 10.0 Å². The van der Waals surface area contributed by atoms with Gasteiger partial charge in [-0.05, 0) is 42.5 Å². The molecule has 0 saturated heterocycles. The summed E-state index contributed by atoms with van der Waals surface area (Å²) in [5, 5.41) is 6.74. The normalized spacial score (nSPS) is 12.0. The Kier molecular flexibility index (Phi) is 5.91. The molecule has 9 nitrogen and oxygen atoms in total. The summed E-state index contributed by atoms with van der Waals surface area (Å²) in [6, 6.07) is 7.66. The zero-order chi connectivity index (χ0) is 24.7. The van der Waals surface area contributed by atoms with Crippen molar-refractivity contribution in [3.63, 3.8) is 0 Å². The third kappa shape index (κ3) is 4.94. The first-order valence-electron chi connectivity index (χ1n) is 9.42. The van der Waals surface area contributed by atoms with Crippen LogP contribution in [0.2, 0.25) is 5.15 Å². The molecule has 0 atom stereocenters. The van der Waals surface area contributed by atoms with Gasteiger partial charge in [0.05, 0.1) is 28.0 Å². The number of hydrogen-bond acceptors (Lipinski definition) is 6. The van der Waals surface area contributed by atoms with Crippen LogP contribution < -0.4 is 10.0 Å². The molecule has 3 heterocycles. The molecule has 0 aliphatic rings. The quantitative estimate of drug-likeness (QED) is 0.388. The molecule has 0 fully saturated rings. The average Bonchev–Trinajstić information content (AvgIpc) is 3.15. The fourth-order valence-electron chi connectivity index (χ4n) is 2.96. The van der Waals surface area contributed by atoms with E-state index in [-0.39, 0.29) is 21.6 Å². The van der Waals surface area contributed by atoms with Crippen LogP contribution in [0.15, 0.2) is 59.8 Å². The second-order valence-corrected chi connectivity index (χ2v) is 9.06. The SMILES string of the molecule is CC(=O)Nc1cn2nc(-c3cnc(Cl)c(NS(=O)(=O)c4ccc(C(F)(F)F)cc4)c3)ccc2n1. The van der Waals surface area contributed by atoms with Gasteiger partial charge >= 0.3 is 6.18 Å². The highest BCUT2D eigenvalue weighted by Crippen LogP contribution is 2.31. The lowest BCUT2D eigenvalue weighted by atomic mass is 10.2. The number of sulfonamides is 1. The number of carbonyl (C=O) groups is 1. The smallest absolute Gasteiger partial charge is 0.310 e. The number of aromatic nitrogens is 4. The standard InChI is InChI=1S/C20H14ClF3N6O3S/c1-11(31)26-17-10-30-18(27-17)7-6-15(28-30)12-8-16(19(21)25-9-12)29-34(32,33)14-4-2-13(3-5-14)20(22,23)24/h2-10,29H,1H3,(H,26,31).